The first-order chi connectivity index (χ1) is 36.7. The first kappa shape index (κ1) is 71.2. The number of ketones is 2. The molecule has 0 unspecified atom stereocenters. The molecule has 0 spiro atoms. The minimum atomic E-state index is -9.84. The number of carbonyl (C=O) groups is 4. The van der Waals surface area contributed by atoms with Gasteiger partial charge in [-0.15, -0.1) is 0 Å². The molecule has 2 aliphatic rings. The minimum Gasteiger partial charge on any atom is -0.0978 e. The van der Waals surface area contributed by atoms with Gasteiger partial charge in [0, 0.05) is 18.4 Å². The van der Waals surface area contributed by atoms with Crippen LogP contribution in [-0.4, -0.2) is 116 Å². The molecule has 0 aliphatic carbocycles. The van der Waals surface area contributed by atoms with Crippen molar-refractivity contribution in [3.8, 4) is 11.3 Å². The van der Waals surface area contributed by atoms with Gasteiger partial charge in [-0.2, -0.15) is 0 Å². The maximum absolute atomic E-state index is 14.9. The number of nitrogens with zero attached hydrogens (tertiary/aromatic N) is 4. The summed E-state index contributed by atoms with van der Waals surface area (Å²) >= 11 is -2.84. The van der Waals surface area contributed by atoms with Gasteiger partial charge in [-0.05, 0) is 57.9 Å². The number of alkyl halides is 2. The minimum absolute atomic E-state index is 0.00706. The molecular formula is C54H78F14N4O6S2Sn. The number of benzene rings is 1. The molecule has 2 fully saturated rings. The molecule has 2 aromatic heterocycles. The summed E-state index contributed by atoms with van der Waals surface area (Å²) in [6.45, 7) is 16.7. The number of rotatable bonds is 21. The van der Waals surface area contributed by atoms with Gasteiger partial charge < -0.3 is 4.74 Å². The Morgan fingerprint density at radius 2 is 0.975 bits per heavy atom. The normalized spacial score (nSPS) is 19.7. The molecule has 0 bridgehead atoms. The zero-order valence-electron chi connectivity index (χ0n) is 47.5. The predicted molar refractivity (Wildman–Crippen MR) is 293 cm³/mol. The standard InChI is InChI=1S/C23H25F7N2O3S.C17H21F2N2O3.3C4H9.C2H5F5S.Sn/c1-23(2,3)35-22(34)32-13-16(24)11-20(32)21(33)9-6-15-10-19(31-12-18(15)25)14-4-7-17(8-5-14)36(26,27,28,29)30;1-17(2,3)24-16(23)21-10-12(18)8-14(21)15(22)5-4-11-6-7-20-9-13(11)19;3*1-3-4-2;1-2-8(3,4,5,6)7;/h4-5,7-8,10,12,16,20H,6,9,11,13H2,1-3H3;6,9,12,14H,4-5,8,10H2,1-3H3;3*1,3-4H2,2H3;2H2,1H3;/t16-,20+;12-,14+;;;;;/m11...../s1. The van der Waals surface area contributed by atoms with Gasteiger partial charge in [-0.1, -0.05) is 51.0 Å². The van der Waals surface area contributed by atoms with Crippen LogP contribution < -0.4 is 3.71 Å². The first-order valence-electron chi connectivity index (χ1n) is 26.9. The van der Waals surface area contributed by atoms with E-state index in [2.05, 4.69) is 30.7 Å². The van der Waals surface area contributed by atoms with Crippen LogP contribution in [0, 0.1) is 11.6 Å². The number of aryl methyl sites for hydroxylation is 2. The van der Waals surface area contributed by atoms with Gasteiger partial charge >= 0.3 is 244 Å². The van der Waals surface area contributed by atoms with Gasteiger partial charge in [0.2, 0.25) is 0 Å². The second kappa shape index (κ2) is 26.0. The Bertz CT molecular complexity index is 2630. The van der Waals surface area contributed by atoms with Crippen molar-refractivity contribution in [3.63, 3.8) is 0 Å². The molecule has 3 aromatic rings. The van der Waals surface area contributed by atoms with Gasteiger partial charge in [-0.3, -0.25) is 14.7 Å². The van der Waals surface area contributed by atoms with E-state index in [4.69, 9.17) is 9.47 Å². The van der Waals surface area contributed by atoms with E-state index in [-0.39, 0.29) is 86.4 Å². The number of aromatic nitrogens is 2. The van der Waals surface area contributed by atoms with Crippen LogP contribution in [0.1, 0.15) is 145 Å². The van der Waals surface area contributed by atoms with Gasteiger partial charge in [0.05, 0.1) is 30.2 Å². The van der Waals surface area contributed by atoms with E-state index in [1.54, 1.807) is 41.5 Å². The summed E-state index contributed by atoms with van der Waals surface area (Å²) in [7, 11) is -18.8. The fourth-order valence-electron chi connectivity index (χ4n) is 9.05. The Hall–Kier alpha value is -4.08. The number of Topliss-reactive ketones (excluding diaryl/α,β-unsaturated/α-hetero) is 2. The molecule has 0 radical (unpaired) electrons. The van der Waals surface area contributed by atoms with E-state index in [9.17, 15) is 75.6 Å². The topological polar surface area (TPSA) is 119 Å². The van der Waals surface area contributed by atoms with Gasteiger partial charge in [0.15, 0.2) is 5.78 Å². The molecule has 2 saturated heterocycles. The summed E-state index contributed by atoms with van der Waals surface area (Å²) < 4.78 is 192. The second-order valence-electron chi connectivity index (χ2n) is 22.7. The molecule has 81 heavy (non-hydrogen) atoms. The molecule has 10 nitrogen and oxygen atoms in total. The van der Waals surface area contributed by atoms with E-state index in [1.165, 1.54) is 49.7 Å². The Labute approximate surface area is 470 Å². The third-order valence-corrected chi connectivity index (χ3v) is 30.7. The zero-order chi connectivity index (χ0) is 61.9. The third-order valence-electron chi connectivity index (χ3n) is 13.4. The molecule has 1 aromatic carbocycles. The van der Waals surface area contributed by atoms with Crippen LogP contribution in [0.3, 0.4) is 0 Å². The van der Waals surface area contributed by atoms with Crippen molar-refractivity contribution in [1.29, 1.82) is 0 Å². The smallest absolute Gasteiger partial charge is 0.0978 e. The number of halogens is 14. The van der Waals surface area contributed by atoms with E-state index < -0.39 is 115 Å². The van der Waals surface area contributed by atoms with Crippen molar-refractivity contribution in [2.75, 3.05) is 18.8 Å². The molecule has 4 atom stereocenters. The molecule has 2 amide bonds. The predicted octanol–water partition coefficient (Wildman–Crippen LogP) is 17.8. The van der Waals surface area contributed by atoms with Crippen LogP contribution in [-0.2, 0) is 31.9 Å². The summed E-state index contributed by atoms with van der Waals surface area (Å²) in [5.41, 5.74) is -1.05. The summed E-state index contributed by atoms with van der Waals surface area (Å²) in [5.74, 6) is -3.97. The van der Waals surface area contributed by atoms with Crippen molar-refractivity contribution in [3.05, 3.63) is 71.6 Å². The van der Waals surface area contributed by atoms with E-state index in [0.29, 0.717) is 12.5 Å². The number of ether oxygens (including phenoxy) is 2. The molecule has 0 N–H and O–H groups in total. The summed E-state index contributed by atoms with van der Waals surface area (Å²) in [4.78, 5) is 59.5. The maximum Gasteiger partial charge on any atom is 0.285 e. The van der Waals surface area contributed by atoms with Crippen LogP contribution in [0.4, 0.5) is 66.0 Å². The SMILES string of the molecule is CC(C)(C)OC(=O)N1C[C@H](F)C[C@H]1C(=O)CCc1cc(-c2ccc(S(F)(F)(F)(F)F)cc2)ncc1F.CCC[CH2][Sn]([CH2]CCC)([CH2]CCC)[c]1cc(CCC(=O)[C@@H]2C[C@@H](F)CN2C(=O)OC(C)(C)C)c(F)cn1.CCS(F)(F)(F)(F)F. The van der Waals surface area contributed by atoms with Gasteiger partial charge in [-0.25, -0.2) is 13.6 Å². The monoisotopic (exact) mass is 1330 g/mol. The van der Waals surface area contributed by atoms with Crippen molar-refractivity contribution in [2.24, 2.45) is 0 Å². The molecular weight excluding hydrogens is 1250 g/mol. The van der Waals surface area contributed by atoms with Crippen LogP contribution in [0.15, 0.2) is 53.7 Å². The maximum atomic E-state index is 14.9. The zero-order valence-corrected chi connectivity index (χ0v) is 52.0. The number of unbranched alkanes of at least 4 members (excludes halogenated alkanes) is 3. The molecule has 4 heterocycles. The Morgan fingerprint density at radius 3 is 1.32 bits per heavy atom. The molecule has 464 valence electrons. The Morgan fingerprint density at radius 1 is 0.605 bits per heavy atom. The van der Waals surface area contributed by atoms with E-state index >= 15 is 0 Å². The van der Waals surface area contributed by atoms with Gasteiger partial charge in [0.1, 0.15) is 22.5 Å². The Kier molecular flexibility index (Phi) is 22.9. The average Bonchev–Trinajstić information content (AvgIpc) is 3.94. The summed E-state index contributed by atoms with van der Waals surface area (Å²) in [6, 6.07) is 3.23. The number of carbonyl (C=O) groups excluding carboxylic acids is 4. The van der Waals surface area contributed by atoms with Crippen molar-refractivity contribution in [2.45, 2.75) is 200 Å². The molecule has 5 rings (SSSR count). The van der Waals surface area contributed by atoms with Crippen LogP contribution in [0.5, 0.6) is 0 Å². The molecule has 2 aliphatic heterocycles. The number of amides is 2. The van der Waals surface area contributed by atoms with Crippen molar-refractivity contribution >= 4 is 66.3 Å². The number of likely N-dealkylation sites (tertiary alicyclic amines) is 2. The largest absolute Gasteiger partial charge is 0.285 e. The van der Waals surface area contributed by atoms with Gasteiger partial charge in [0.25, 0.3) is 10.2 Å². The van der Waals surface area contributed by atoms with Crippen molar-refractivity contribution in [1.82, 2.24) is 19.8 Å². The first-order valence-corrected chi connectivity index (χ1v) is 38.5. The van der Waals surface area contributed by atoms with Crippen LogP contribution in [0.2, 0.25) is 13.3 Å². The van der Waals surface area contributed by atoms with E-state index in [1.807, 2.05) is 6.07 Å². The molecule has 0 saturated carbocycles. The average molecular weight is 1330 g/mol. The van der Waals surface area contributed by atoms with Crippen LogP contribution in [0.25, 0.3) is 11.3 Å². The van der Waals surface area contributed by atoms with E-state index in [0.717, 1.165) is 46.2 Å². The quantitative estimate of drug-likeness (QED) is 0.0764. The fourth-order valence-corrected chi connectivity index (χ4v) is 25.2. The third kappa shape index (κ3) is 23.8. The number of hydrogen-bond donors (Lipinski definition) is 0. The summed E-state index contributed by atoms with van der Waals surface area (Å²) in [5, 5.41) is 0. The second-order valence-corrected chi connectivity index (χ2v) is 41.0. The number of hydrogen-bond acceptors (Lipinski definition) is 8. The Balaban J connectivity index is 0.000000374. The molecule has 27 heteroatoms. The summed E-state index contributed by atoms with van der Waals surface area (Å²) in [6.07, 6.45) is 4.52. The van der Waals surface area contributed by atoms with Crippen LogP contribution >= 0.6 is 20.4 Å². The fraction of sp³-hybridized carbons (Fsp3) is 0.630. The van der Waals surface area contributed by atoms with Crippen molar-refractivity contribution < 1.29 is 85.1 Å². The number of pyridine rings is 2.